The third kappa shape index (κ3) is 3.74. The van der Waals surface area contributed by atoms with Crippen molar-refractivity contribution in [3.8, 4) is 12.3 Å². The van der Waals surface area contributed by atoms with Gasteiger partial charge in [-0.1, -0.05) is 6.07 Å². The Morgan fingerprint density at radius 3 is 2.50 bits per heavy atom. The lowest BCUT2D eigenvalue weighted by Crippen LogP contribution is -2.33. The monoisotopic (exact) mass is 305 g/mol. The number of hydrogen-bond acceptors (Lipinski definition) is 2. The number of halogens is 3. The molecule has 110 valence electrons. The summed E-state index contributed by atoms with van der Waals surface area (Å²) in [5.41, 5.74) is -1.30. The molecule has 0 aliphatic heterocycles. The number of alkyl halides is 3. The highest BCUT2D eigenvalue weighted by molar-refractivity contribution is 7.89. The number of hydrogen-bond donors (Lipinski definition) is 1. The Labute approximate surface area is 116 Å². The third-order valence-electron chi connectivity index (χ3n) is 2.66. The number of rotatable bonds is 4. The predicted molar refractivity (Wildman–Crippen MR) is 69.4 cm³/mol. The van der Waals surface area contributed by atoms with Crippen molar-refractivity contribution in [3.05, 3.63) is 29.3 Å². The first kappa shape index (κ1) is 16.5. The molecule has 0 saturated heterocycles. The lowest BCUT2D eigenvalue weighted by Gasteiger charge is -2.16. The molecule has 0 fully saturated rings. The van der Waals surface area contributed by atoms with Crippen LogP contribution in [0.3, 0.4) is 0 Å². The summed E-state index contributed by atoms with van der Waals surface area (Å²) in [6.07, 6.45) is 0.617. The van der Waals surface area contributed by atoms with Crippen LogP contribution in [0.2, 0.25) is 0 Å². The Bertz CT molecular complexity index is 630. The van der Waals surface area contributed by atoms with Gasteiger partial charge in [0, 0.05) is 12.5 Å². The van der Waals surface area contributed by atoms with E-state index in [2.05, 4.69) is 10.6 Å². The van der Waals surface area contributed by atoms with E-state index < -0.39 is 32.7 Å². The Kier molecular flexibility index (Phi) is 4.84. The molecule has 0 amide bonds. The minimum absolute atomic E-state index is 0.150. The van der Waals surface area contributed by atoms with Gasteiger partial charge in [-0.3, -0.25) is 0 Å². The smallest absolute Gasteiger partial charge is 0.207 e. The van der Waals surface area contributed by atoms with Gasteiger partial charge in [0.15, 0.2) is 0 Å². The summed E-state index contributed by atoms with van der Waals surface area (Å²) in [7, 11) is -4.04. The number of benzene rings is 1. The Morgan fingerprint density at radius 2 is 2.00 bits per heavy atom. The third-order valence-corrected chi connectivity index (χ3v) is 4.39. The van der Waals surface area contributed by atoms with Crippen molar-refractivity contribution in [2.24, 2.45) is 0 Å². The van der Waals surface area contributed by atoms with Crippen molar-refractivity contribution in [1.82, 2.24) is 4.72 Å². The standard InChI is InChI=1S/C13H14F3NO2S/c1-4-6-9(2)17-20(18,19)12-8-5-7-11(10(12)3)13(14,15)16/h1,5,7-9,17H,6H2,2-3H3. The van der Waals surface area contributed by atoms with Gasteiger partial charge in [0.05, 0.1) is 10.5 Å². The van der Waals surface area contributed by atoms with E-state index in [4.69, 9.17) is 6.42 Å². The zero-order valence-corrected chi connectivity index (χ0v) is 11.8. The molecule has 1 N–H and O–H groups in total. The summed E-state index contributed by atoms with van der Waals surface area (Å²) in [6, 6.07) is 2.49. The molecule has 20 heavy (non-hydrogen) atoms. The van der Waals surface area contributed by atoms with Gasteiger partial charge in [-0.25, -0.2) is 13.1 Å². The molecule has 0 bridgehead atoms. The van der Waals surface area contributed by atoms with Gasteiger partial charge in [-0.15, -0.1) is 12.3 Å². The first-order valence-corrected chi connectivity index (χ1v) is 7.20. The molecule has 0 aliphatic carbocycles. The van der Waals surface area contributed by atoms with E-state index in [-0.39, 0.29) is 12.0 Å². The molecule has 1 atom stereocenters. The van der Waals surface area contributed by atoms with E-state index in [1.165, 1.54) is 0 Å². The van der Waals surface area contributed by atoms with Gasteiger partial charge >= 0.3 is 6.18 Å². The van der Waals surface area contributed by atoms with Crippen LogP contribution in [0.5, 0.6) is 0 Å². The lowest BCUT2D eigenvalue weighted by atomic mass is 10.1. The van der Waals surface area contributed by atoms with Gasteiger partial charge in [0.1, 0.15) is 0 Å². The summed E-state index contributed by atoms with van der Waals surface area (Å²) >= 11 is 0. The fourth-order valence-corrected chi connectivity index (χ4v) is 3.27. The first-order chi connectivity index (χ1) is 9.09. The van der Waals surface area contributed by atoms with Crippen LogP contribution in [-0.2, 0) is 16.2 Å². The second-order valence-electron chi connectivity index (χ2n) is 4.36. The van der Waals surface area contributed by atoms with Crippen LogP contribution in [-0.4, -0.2) is 14.5 Å². The van der Waals surface area contributed by atoms with E-state index in [0.29, 0.717) is 0 Å². The summed E-state index contributed by atoms with van der Waals surface area (Å²) < 4.78 is 64.7. The molecule has 0 spiro atoms. The molecule has 3 nitrogen and oxygen atoms in total. The molecule has 0 aliphatic rings. The van der Waals surface area contributed by atoms with Crippen molar-refractivity contribution >= 4 is 10.0 Å². The topological polar surface area (TPSA) is 46.2 Å². The molecular formula is C13H14F3NO2S. The van der Waals surface area contributed by atoms with E-state index in [1.54, 1.807) is 6.92 Å². The summed E-state index contributed by atoms with van der Waals surface area (Å²) in [5.74, 6) is 2.28. The Balaban J connectivity index is 3.24. The van der Waals surface area contributed by atoms with Crippen LogP contribution in [0.1, 0.15) is 24.5 Å². The number of sulfonamides is 1. The highest BCUT2D eigenvalue weighted by atomic mass is 32.2. The molecule has 1 aromatic carbocycles. The Hall–Kier alpha value is -1.52. The highest BCUT2D eigenvalue weighted by Crippen LogP contribution is 2.34. The average molecular weight is 305 g/mol. The zero-order chi connectivity index (χ0) is 15.6. The van der Waals surface area contributed by atoms with Gasteiger partial charge in [-0.05, 0) is 31.5 Å². The van der Waals surface area contributed by atoms with Crippen LogP contribution < -0.4 is 4.72 Å². The first-order valence-electron chi connectivity index (χ1n) is 5.72. The average Bonchev–Trinajstić information content (AvgIpc) is 2.26. The second-order valence-corrected chi connectivity index (χ2v) is 6.04. The maximum atomic E-state index is 12.8. The van der Waals surface area contributed by atoms with E-state index >= 15 is 0 Å². The largest absolute Gasteiger partial charge is 0.416 e. The molecule has 0 saturated carbocycles. The van der Waals surface area contributed by atoms with Crippen LogP contribution in [0.25, 0.3) is 0 Å². The van der Waals surface area contributed by atoms with Crippen molar-refractivity contribution in [2.75, 3.05) is 0 Å². The van der Waals surface area contributed by atoms with Gasteiger partial charge in [-0.2, -0.15) is 13.2 Å². The van der Waals surface area contributed by atoms with Gasteiger partial charge in [0.25, 0.3) is 0 Å². The fourth-order valence-electron chi connectivity index (χ4n) is 1.76. The summed E-state index contributed by atoms with van der Waals surface area (Å²) in [5, 5.41) is 0. The molecule has 7 heteroatoms. The fraction of sp³-hybridized carbons (Fsp3) is 0.385. The maximum Gasteiger partial charge on any atom is 0.416 e. The van der Waals surface area contributed by atoms with Gasteiger partial charge < -0.3 is 0 Å². The van der Waals surface area contributed by atoms with Crippen LogP contribution in [0, 0.1) is 19.3 Å². The van der Waals surface area contributed by atoms with Crippen molar-refractivity contribution < 1.29 is 21.6 Å². The molecule has 0 radical (unpaired) electrons. The van der Waals surface area contributed by atoms with Crippen molar-refractivity contribution in [1.29, 1.82) is 0 Å². The van der Waals surface area contributed by atoms with Crippen LogP contribution >= 0.6 is 0 Å². The normalized spacial score (nSPS) is 13.8. The number of terminal acetylenes is 1. The van der Waals surface area contributed by atoms with Crippen LogP contribution in [0.15, 0.2) is 23.1 Å². The van der Waals surface area contributed by atoms with Crippen molar-refractivity contribution in [3.63, 3.8) is 0 Å². The van der Waals surface area contributed by atoms with E-state index in [1.807, 2.05) is 0 Å². The van der Waals surface area contributed by atoms with E-state index in [0.717, 1.165) is 25.1 Å². The quantitative estimate of drug-likeness (QED) is 0.869. The highest BCUT2D eigenvalue weighted by Gasteiger charge is 2.34. The van der Waals surface area contributed by atoms with Gasteiger partial charge in [0.2, 0.25) is 10.0 Å². The number of nitrogens with one attached hydrogen (secondary N) is 1. The minimum atomic E-state index is -4.60. The molecule has 1 aromatic rings. The maximum absolute atomic E-state index is 12.8. The molecule has 1 unspecified atom stereocenters. The van der Waals surface area contributed by atoms with E-state index in [9.17, 15) is 21.6 Å². The minimum Gasteiger partial charge on any atom is -0.207 e. The summed E-state index contributed by atoms with van der Waals surface area (Å²) in [6.45, 7) is 2.67. The molecule has 0 aromatic heterocycles. The summed E-state index contributed by atoms with van der Waals surface area (Å²) in [4.78, 5) is -0.392. The Morgan fingerprint density at radius 1 is 1.40 bits per heavy atom. The van der Waals surface area contributed by atoms with Crippen molar-refractivity contribution in [2.45, 2.75) is 37.4 Å². The lowest BCUT2D eigenvalue weighted by molar-refractivity contribution is -0.138. The molecular weight excluding hydrogens is 291 g/mol. The zero-order valence-electron chi connectivity index (χ0n) is 11.0. The second kappa shape index (κ2) is 5.85. The SMILES string of the molecule is C#CCC(C)NS(=O)(=O)c1cccc(C(F)(F)F)c1C. The molecule has 1 rings (SSSR count). The molecule has 0 heterocycles. The van der Waals surface area contributed by atoms with Crippen LogP contribution in [0.4, 0.5) is 13.2 Å². The predicted octanol–water partition coefficient (Wildman–Crippen LogP) is 2.70.